The molecular formula is C20H30IN5O2. The number of aromatic nitrogens is 2. The van der Waals surface area contributed by atoms with E-state index in [1.54, 1.807) is 7.05 Å². The monoisotopic (exact) mass is 499 g/mol. The number of aliphatic imine (C=N–C) groups is 1. The predicted molar refractivity (Wildman–Crippen MR) is 123 cm³/mol. The van der Waals surface area contributed by atoms with Crippen molar-refractivity contribution in [1.82, 2.24) is 15.1 Å². The summed E-state index contributed by atoms with van der Waals surface area (Å²) in [6.07, 6.45) is 2.76. The summed E-state index contributed by atoms with van der Waals surface area (Å²) in [4.78, 5) is 4.34. The van der Waals surface area contributed by atoms with Gasteiger partial charge in [0.1, 0.15) is 0 Å². The van der Waals surface area contributed by atoms with Crippen LogP contribution in [0.3, 0.4) is 0 Å². The summed E-state index contributed by atoms with van der Waals surface area (Å²) in [6, 6.07) is 5.85. The van der Waals surface area contributed by atoms with Gasteiger partial charge in [0.05, 0.1) is 18.9 Å². The van der Waals surface area contributed by atoms with Gasteiger partial charge in [0, 0.05) is 50.1 Å². The Hall–Kier alpha value is -1.97. The first kappa shape index (κ1) is 22.3. The van der Waals surface area contributed by atoms with Gasteiger partial charge < -0.3 is 20.1 Å². The molecule has 2 heterocycles. The highest BCUT2D eigenvalue weighted by Gasteiger charge is 2.15. The Bertz CT molecular complexity index is 819. The van der Waals surface area contributed by atoms with Crippen molar-refractivity contribution in [2.24, 2.45) is 12.0 Å². The average Bonchev–Trinajstić information content (AvgIpc) is 2.83. The van der Waals surface area contributed by atoms with Crippen molar-refractivity contribution in [3.8, 4) is 11.5 Å². The number of hydrogen-bond donors (Lipinski definition) is 2. The maximum atomic E-state index is 5.76. The Balaban J connectivity index is 0.00000280. The summed E-state index contributed by atoms with van der Waals surface area (Å²) in [5.74, 6) is 2.26. The van der Waals surface area contributed by atoms with Crippen LogP contribution < -0.4 is 20.1 Å². The molecule has 0 saturated heterocycles. The van der Waals surface area contributed by atoms with E-state index in [4.69, 9.17) is 9.47 Å². The van der Waals surface area contributed by atoms with Crippen LogP contribution in [0.2, 0.25) is 0 Å². The molecule has 0 unspecified atom stereocenters. The maximum absolute atomic E-state index is 5.76. The number of ether oxygens (including phenoxy) is 2. The molecule has 154 valence electrons. The van der Waals surface area contributed by atoms with Crippen molar-refractivity contribution >= 4 is 35.6 Å². The largest absolute Gasteiger partial charge is 0.490 e. The average molecular weight is 499 g/mol. The Morgan fingerprint density at radius 1 is 1.18 bits per heavy atom. The van der Waals surface area contributed by atoms with Crippen molar-refractivity contribution in [2.75, 3.05) is 25.6 Å². The number of rotatable bonds is 5. The third-order valence-electron chi connectivity index (χ3n) is 4.69. The zero-order valence-corrected chi connectivity index (χ0v) is 19.4. The van der Waals surface area contributed by atoms with E-state index in [-0.39, 0.29) is 24.0 Å². The summed E-state index contributed by atoms with van der Waals surface area (Å²) in [5, 5.41) is 11.4. The van der Waals surface area contributed by atoms with Crippen LogP contribution in [-0.2, 0) is 26.4 Å². The quantitative estimate of drug-likeness (QED) is 0.375. The fourth-order valence-electron chi connectivity index (χ4n) is 3.32. The molecule has 8 heteroatoms. The third-order valence-corrected chi connectivity index (χ3v) is 4.69. The predicted octanol–water partition coefficient (Wildman–Crippen LogP) is 3.51. The molecule has 0 radical (unpaired) electrons. The summed E-state index contributed by atoms with van der Waals surface area (Å²) in [6.45, 7) is 6.34. The molecule has 0 bridgehead atoms. The van der Waals surface area contributed by atoms with E-state index in [1.807, 2.05) is 29.9 Å². The Kier molecular flexibility index (Phi) is 8.40. The molecule has 0 atom stereocenters. The van der Waals surface area contributed by atoms with E-state index in [1.165, 1.54) is 11.3 Å². The highest BCUT2D eigenvalue weighted by atomic mass is 127. The molecule has 1 aromatic heterocycles. The molecule has 1 aliphatic rings. The minimum absolute atomic E-state index is 0. The van der Waals surface area contributed by atoms with Crippen LogP contribution in [-0.4, -0.2) is 36.0 Å². The number of nitrogens with zero attached hydrogens (tertiary/aromatic N) is 3. The second-order valence-electron chi connectivity index (χ2n) is 6.47. The summed E-state index contributed by atoms with van der Waals surface area (Å²) in [5.41, 5.74) is 4.55. The van der Waals surface area contributed by atoms with E-state index in [9.17, 15) is 0 Å². The van der Waals surface area contributed by atoms with Crippen LogP contribution in [0, 0.1) is 0 Å². The van der Waals surface area contributed by atoms with Crippen LogP contribution in [0.4, 0.5) is 5.69 Å². The van der Waals surface area contributed by atoms with Crippen molar-refractivity contribution < 1.29 is 9.47 Å². The molecule has 0 fully saturated rings. The molecule has 1 aliphatic heterocycles. The molecule has 1 aromatic carbocycles. The highest BCUT2D eigenvalue weighted by Crippen LogP contribution is 2.32. The van der Waals surface area contributed by atoms with Crippen LogP contribution in [0.15, 0.2) is 23.2 Å². The molecule has 28 heavy (non-hydrogen) atoms. The molecule has 0 spiro atoms. The fourth-order valence-corrected chi connectivity index (χ4v) is 3.32. The molecule has 3 rings (SSSR count). The van der Waals surface area contributed by atoms with Gasteiger partial charge in [-0.3, -0.25) is 9.67 Å². The van der Waals surface area contributed by atoms with Crippen molar-refractivity contribution in [1.29, 1.82) is 0 Å². The summed E-state index contributed by atoms with van der Waals surface area (Å²) in [7, 11) is 3.77. The van der Waals surface area contributed by atoms with Gasteiger partial charge in [0.2, 0.25) is 0 Å². The van der Waals surface area contributed by atoms with E-state index >= 15 is 0 Å². The molecular weight excluding hydrogens is 469 g/mol. The van der Waals surface area contributed by atoms with Gasteiger partial charge in [-0.2, -0.15) is 5.10 Å². The lowest BCUT2D eigenvalue weighted by molar-refractivity contribution is 0.297. The van der Waals surface area contributed by atoms with Gasteiger partial charge in [0.25, 0.3) is 0 Å². The minimum atomic E-state index is 0. The Labute approximate surface area is 183 Å². The lowest BCUT2D eigenvalue weighted by Crippen LogP contribution is -2.30. The highest BCUT2D eigenvalue weighted by molar-refractivity contribution is 14.0. The molecule has 0 amide bonds. The van der Waals surface area contributed by atoms with E-state index < -0.39 is 0 Å². The molecule has 2 aromatic rings. The number of hydrogen-bond acceptors (Lipinski definition) is 4. The Morgan fingerprint density at radius 3 is 2.61 bits per heavy atom. The fraction of sp³-hybridized carbons (Fsp3) is 0.500. The van der Waals surface area contributed by atoms with E-state index in [0.717, 1.165) is 42.1 Å². The number of benzene rings is 1. The number of guanidine groups is 1. The van der Waals surface area contributed by atoms with Crippen molar-refractivity contribution in [3.63, 3.8) is 0 Å². The van der Waals surface area contributed by atoms with Crippen LogP contribution in [0.1, 0.15) is 37.2 Å². The SMILES string of the molecule is CCc1nn(C)c(CC)c1CNC(=NC)Nc1ccc2c(c1)OCCCO2.I. The number of fused-ring (bicyclic) bond motifs is 1. The van der Waals surface area contributed by atoms with Crippen molar-refractivity contribution in [2.45, 2.75) is 39.7 Å². The van der Waals surface area contributed by atoms with E-state index in [0.29, 0.717) is 25.7 Å². The summed E-state index contributed by atoms with van der Waals surface area (Å²) < 4.78 is 13.4. The van der Waals surface area contributed by atoms with Gasteiger partial charge in [-0.25, -0.2) is 0 Å². The maximum Gasteiger partial charge on any atom is 0.195 e. The number of halogens is 1. The van der Waals surface area contributed by atoms with Gasteiger partial charge in [0.15, 0.2) is 17.5 Å². The van der Waals surface area contributed by atoms with Gasteiger partial charge >= 0.3 is 0 Å². The second-order valence-corrected chi connectivity index (χ2v) is 6.47. The van der Waals surface area contributed by atoms with Crippen LogP contribution in [0.25, 0.3) is 0 Å². The molecule has 0 saturated carbocycles. The van der Waals surface area contributed by atoms with E-state index in [2.05, 4.69) is 34.6 Å². The zero-order valence-electron chi connectivity index (χ0n) is 17.0. The summed E-state index contributed by atoms with van der Waals surface area (Å²) >= 11 is 0. The Morgan fingerprint density at radius 2 is 1.93 bits per heavy atom. The smallest absolute Gasteiger partial charge is 0.195 e. The standard InChI is InChI=1S/C20H29N5O2.HI/c1-5-16-15(17(6-2)25(4)24-16)13-22-20(21-3)23-14-8-9-18-19(12-14)27-11-7-10-26-18;/h8-9,12H,5-7,10-11,13H2,1-4H3,(H2,21,22,23);1H. The normalized spacial score (nSPS) is 13.5. The lowest BCUT2D eigenvalue weighted by Gasteiger charge is -2.14. The first-order valence-electron chi connectivity index (χ1n) is 9.57. The number of nitrogens with one attached hydrogen (secondary N) is 2. The number of anilines is 1. The lowest BCUT2D eigenvalue weighted by atomic mass is 10.1. The minimum Gasteiger partial charge on any atom is -0.490 e. The second kappa shape index (κ2) is 10.5. The first-order chi connectivity index (χ1) is 13.2. The molecule has 7 nitrogen and oxygen atoms in total. The third kappa shape index (κ3) is 5.09. The van der Waals surface area contributed by atoms with Gasteiger partial charge in [-0.05, 0) is 25.0 Å². The van der Waals surface area contributed by atoms with Crippen molar-refractivity contribution in [3.05, 3.63) is 35.2 Å². The topological polar surface area (TPSA) is 72.7 Å². The first-order valence-corrected chi connectivity index (χ1v) is 9.57. The zero-order chi connectivity index (χ0) is 19.2. The van der Waals surface area contributed by atoms with Gasteiger partial charge in [-0.1, -0.05) is 13.8 Å². The van der Waals surface area contributed by atoms with Crippen LogP contribution >= 0.6 is 24.0 Å². The molecule has 2 N–H and O–H groups in total. The number of aryl methyl sites for hydroxylation is 2. The van der Waals surface area contributed by atoms with Crippen LogP contribution in [0.5, 0.6) is 11.5 Å². The van der Waals surface area contributed by atoms with Gasteiger partial charge in [-0.15, -0.1) is 24.0 Å². The molecule has 0 aliphatic carbocycles.